The maximum absolute atomic E-state index is 3.68. The van der Waals surface area contributed by atoms with Crippen molar-refractivity contribution in [2.75, 3.05) is 6.54 Å². The van der Waals surface area contributed by atoms with Crippen molar-refractivity contribution in [2.24, 2.45) is 0 Å². The van der Waals surface area contributed by atoms with Crippen molar-refractivity contribution in [3.8, 4) is 0 Å². The molecule has 2 heteroatoms. The molecular weight excluding hydrogens is 226 g/mol. The largest absolute Gasteiger partial charge is 0.309 e. The SMILES string of the molecule is CCCNC1c2cc(C(C)C)ccc2SC1C. The van der Waals surface area contributed by atoms with Gasteiger partial charge in [-0.3, -0.25) is 0 Å². The fourth-order valence-electron chi connectivity index (χ4n) is 2.37. The van der Waals surface area contributed by atoms with Gasteiger partial charge in [0, 0.05) is 16.2 Å². The third kappa shape index (κ3) is 2.69. The van der Waals surface area contributed by atoms with Crippen molar-refractivity contribution in [1.82, 2.24) is 5.32 Å². The monoisotopic (exact) mass is 249 g/mol. The molecule has 0 saturated heterocycles. The Balaban J connectivity index is 2.26. The maximum Gasteiger partial charge on any atom is 0.0452 e. The van der Waals surface area contributed by atoms with E-state index in [1.54, 1.807) is 0 Å². The summed E-state index contributed by atoms with van der Waals surface area (Å²) in [5, 5.41) is 4.33. The average Bonchev–Trinajstić information content (AvgIpc) is 2.61. The van der Waals surface area contributed by atoms with E-state index in [0.717, 1.165) is 6.54 Å². The second-order valence-electron chi connectivity index (χ2n) is 5.21. The van der Waals surface area contributed by atoms with Gasteiger partial charge in [0.25, 0.3) is 0 Å². The van der Waals surface area contributed by atoms with Crippen molar-refractivity contribution < 1.29 is 0 Å². The number of rotatable bonds is 4. The summed E-state index contributed by atoms with van der Waals surface area (Å²) in [6.45, 7) is 10.2. The first-order valence-corrected chi connectivity index (χ1v) is 7.55. The molecule has 0 saturated carbocycles. The number of benzene rings is 1. The van der Waals surface area contributed by atoms with Gasteiger partial charge in [-0.15, -0.1) is 11.8 Å². The first kappa shape index (κ1) is 13.0. The van der Waals surface area contributed by atoms with Crippen molar-refractivity contribution in [1.29, 1.82) is 0 Å². The summed E-state index contributed by atoms with van der Waals surface area (Å²) in [5.74, 6) is 0.619. The Kier molecular flexibility index (Phi) is 4.16. The van der Waals surface area contributed by atoms with E-state index in [1.807, 2.05) is 11.8 Å². The maximum atomic E-state index is 3.68. The molecule has 1 aliphatic heterocycles. The highest BCUT2D eigenvalue weighted by atomic mass is 32.2. The number of fused-ring (bicyclic) bond motifs is 1. The Morgan fingerprint density at radius 3 is 2.76 bits per heavy atom. The second-order valence-corrected chi connectivity index (χ2v) is 6.63. The lowest BCUT2D eigenvalue weighted by Crippen LogP contribution is -2.26. The predicted molar refractivity (Wildman–Crippen MR) is 76.9 cm³/mol. The summed E-state index contributed by atoms with van der Waals surface area (Å²) in [6.07, 6.45) is 1.20. The third-order valence-electron chi connectivity index (χ3n) is 3.43. The fraction of sp³-hybridized carbons (Fsp3) is 0.600. The van der Waals surface area contributed by atoms with E-state index in [-0.39, 0.29) is 0 Å². The Morgan fingerprint density at radius 2 is 2.12 bits per heavy atom. The summed E-state index contributed by atoms with van der Waals surface area (Å²) in [5.41, 5.74) is 2.98. The second kappa shape index (κ2) is 5.45. The van der Waals surface area contributed by atoms with Crippen LogP contribution >= 0.6 is 11.8 Å². The summed E-state index contributed by atoms with van der Waals surface area (Å²) in [4.78, 5) is 1.47. The molecule has 2 rings (SSSR count). The Labute approximate surface area is 109 Å². The van der Waals surface area contributed by atoms with Crippen molar-refractivity contribution >= 4 is 11.8 Å². The van der Waals surface area contributed by atoms with Gasteiger partial charge in [-0.1, -0.05) is 39.8 Å². The Morgan fingerprint density at radius 1 is 1.35 bits per heavy atom. The summed E-state index contributed by atoms with van der Waals surface area (Å²) < 4.78 is 0. The first-order valence-electron chi connectivity index (χ1n) is 6.67. The summed E-state index contributed by atoms with van der Waals surface area (Å²) >= 11 is 2.01. The van der Waals surface area contributed by atoms with Crippen LogP contribution in [0.2, 0.25) is 0 Å². The minimum Gasteiger partial charge on any atom is -0.309 e. The molecule has 1 nitrogen and oxygen atoms in total. The van der Waals surface area contributed by atoms with Crippen molar-refractivity contribution in [3.05, 3.63) is 29.3 Å². The van der Waals surface area contributed by atoms with Gasteiger partial charge in [-0.05, 0) is 36.1 Å². The first-order chi connectivity index (χ1) is 8.13. The number of thioether (sulfide) groups is 1. The van der Waals surface area contributed by atoms with Gasteiger partial charge >= 0.3 is 0 Å². The van der Waals surface area contributed by atoms with Crippen LogP contribution in [0.15, 0.2) is 23.1 Å². The van der Waals surface area contributed by atoms with Gasteiger partial charge in [0.15, 0.2) is 0 Å². The average molecular weight is 249 g/mol. The zero-order chi connectivity index (χ0) is 12.4. The summed E-state index contributed by atoms with van der Waals surface area (Å²) in [7, 11) is 0. The molecule has 1 aliphatic rings. The molecule has 0 aromatic heterocycles. The highest BCUT2D eigenvalue weighted by Crippen LogP contribution is 2.44. The topological polar surface area (TPSA) is 12.0 Å². The zero-order valence-corrected chi connectivity index (χ0v) is 12.1. The lowest BCUT2D eigenvalue weighted by atomic mass is 9.96. The molecule has 0 aliphatic carbocycles. The molecule has 94 valence electrons. The van der Waals surface area contributed by atoms with Crippen LogP contribution in [-0.4, -0.2) is 11.8 Å². The number of hydrogen-bond acceptors (Lipinski definition) is 2. The lowest BCUT2D eigenvalue weighted by molar-refractivity contribution is 0.531. The van der Waals surface area contributed by atoms with Crippen LogP contribution in [-0.2, 0) is 0 Å². The van der Waals surface area contributed by atoms with E-state index in [0.29, 0.717) is 17.2 Å². The van der Waals surface area contributed by atoms with Crippen molar-refractivity contribution in [2.45, 2.75) is 56.2 Å². The molecule has 2 unspecified atom stereocenters. The van der Waals surface area contributed by atoms with Crippen LogP contribution in [0, 0.1) is 0 Å². The molecule has 17 heavy (non-hydrogen) atoms. The van der Waals surface area contributed by atoms with Crippen molar-refractivity contribution in [3.63, 3.8) is 0 Å². The van der Waals surface area contributed by atoms with Crippen LogP contribution in [0.5, 0.6) is 0 Å². The van der Waals surface area contributed by atoms with E-state index in [4.69, 9.17) is 0 Å². The standard InChI is InChI=1S/C15H23NS/c1-5-8-16-15-11(4)17-14-7-6-12(10(2)3)9-13(14)15/h6-7,9-11,15-16H,5,8H2,1-4H3. The molecule has 1 aromatic rings. The molecule has 2 atom stereocenters. The van der Waals surface area contributed by atoms with Gasteiger partial charge in [0.1, 0.15) is 0 Å². The van der Waals surface area contributed by atoms with Gasteiger partial charge in [0.2, 0.25) is 0 Å². The minimum absolute atomic E-state index is 0.536. The van der Waals surface area contributed by atoms with Gasteiger partial charge < -0.3 is 5.32 Å². The highest BCUT2D eigenvalue weighted by molar-refractivity contribution is 8.00. The molecule has 0 spiro atoms. The molecule has 0 bridgehead atoms. The highest BCUT2D eigenvalue weighted by Gasteiger charge is 2.29. The normalized spacial score (nSPS) is 23.1. The number of nitrogens with one attached hydrogen (secondary N) is 1. The van der Waals surface area contributed by atoms with Crippen LogP contribution in [0.1, 0.15) is 57.2 Å². The van der Waals surface area contributed by atoms with Crippen LogP contribution in [0.3, 0.4) is 0 Å². The van der Waals surface area contributed by atoms with Gasteiger partial charge in [0.05, 0.1) is 0 Å². The molecule has 0 radical (unpaired) electrons. The zero-order valence-electron chi connectivity index (χ0n) is 11.3. The van der Waals surface area contributed by atoms with E-state index in [2.05, 4.69) is 51.2 Å². The predicted octanol–water partition coefficient (Wildman–Crippen LogP) is 4.34. The van der Waals surface area contributed by atoms with E-state index in [9.17, 15) is 0 Å². The quantitative estimate of drug-likeness (QED) is 0.851. The third-order valence-corrected chi connectivity index (χ3v) is 4.70. The van der Waals surface area contributed by atoms with E-state index < -0.39 is 0 Å². The lowest BCUT2D eigenvalue weighted by Gasteiger charge is -2.18. The van der Waals surface area contributed by atoms with Gasteiger partial charge in [-0.25, -0.2) is 0 Å². The number of hydrogen-bond donors (Lipinski definition) is 1. The minimum atomic E-state index is 0.536. The van der Waals surface area contributed by atoms with E-state index in [1.165, 1.54) is 22.4 Å². The van der Waals surface area contributed by atoms with Crippen LogP contribution < -0.4 is 5.32 Å². The van der Waals surface area contributed by atoms with Crippen LogP contribution in [0.4, 0.5) is 0 Å². The molecule has 0 fully saturated rings. The smallest absolute Gasteiger partial charge is 0.0452 e. The van der Waals surface area contributed by atoms with E-state index >= 15 is 0 Å². The Hall–Kier alpha value is -0.470. The molecular formula is C15H23NS. The molecule has 1 heterocycles. The van der Waals surface area contributed by atoms with Crippen LogP contribution in [0.25, 0.3) is 0 Å². The fourth-order valence-corrected chi connectivity index (χ4v) is 3.62. The molecule has 0 amide bonds. The Bertz CT molecular complexity index is 387. The molecule has 1 N–H and O–H groups in total. The van der Waals surface area contributed by atoms with Gasteiger partial charge in [-0.2, -0.15) is 0 Å². The summed E-state index contributed by atoms with van der Waals surface area (Å²) in [6, 6.07) is 7.53. The molecule has 1 aromatic carbocycles.